The van der Waals surface area contributed by atoms with Gasteiger partial charge in [-0.15, -0.1) is 11.6 Å². The lowest BCUT2D eigenvalue weighted by atomic mass is 10.3. The van der Waals surface area contributed by atoms with E-state index < -0.39 is 0 Å². The minimum atomic E-state index is 0.568. The van der Waals surface area contributed by atoms with Crippen LogP contribution in [0.15, 0.2) is 0 Å². The number of rotatable bonds is 3. The first-order valence-corrected chi connectivity index (χ1v) is 3.14. The highest BCUT2D eigenvalue weighted by atomic mass is 35.5. The van der Waals surface area contributed by atoms with Gasteiger partial charge in [-0.05, 0) is 12.8 Å². The van der Waals surface area contributed by atoms with Crippen molar-refractivity contribution in [2.24, 2.45) is 0 Å². The van der Waals surface area contributed by atoms with Crippen LogP contribution in [0.2, 0.25) is 0 Å². The first-order chi connectivity index (χ1) is 3.43. The van der Waals surface area contributed by atoms with Crippen molar-refractivity contribution in [2.45, 2.75) is 18.9 Å². The first-order valence-electron chi connectivity index (χ1n) is 2.61. The molecule has 0 unspecified atom stereocenters. The van der Waals surface area contributed by atoms with Crippen molar-refractivity contribution in [3.8, 4) is 0 Å². The highest BCUT2D eigenvalue weighted by Crippen LogP contribution is 2.14. The van der Waals surface area contributed by atoms with Gasteiger partial charge in [0, 0.05) is 5.88 Å². The lowest BCUT2D eigenvalue weighted by Gasteiger charge is -1.85. The van der Waals surface area contributed by atoms with Gasteiger partial charge in [0.05, 0.1) is 12.7 Å². The SMILES string of the molecule is ClCCC[C@H]1CO1. The van der Waals surface area contributed by atoms with E-state index in [1.807, 2.05) is 0 Å². The van der Waals surface area contributed by atoms with E-state index in [4.69, 9.17) is 16.3 Å². The molecule has 0 spiro atoms. The largest absolute Gasteiger partial charge is 0.373 e. The van der Waals surface area contributed by atoms with Crippen molar-refractivity contribution in [1.82, 2.24) is 0 Å². The van der Waals surface area contributed by atoms with Crippen molar-refractivity contribution in [3.05, 3.63) is 0 Å². The first kappa shape index (κ1) is 5.39. The number of alkyl halides is 1. The molecule has 0 amide bonds. The molecule has 0 aromatic carbocycles. The molecule has 0 aliphatic carbocycles. The Morgan fingerprint density at radius 3 is 2.86 bits per heavy atom. The van der Waals surface area contributed by atoms with Gasteiger partial charge in [-0.2, -0.15) is 0 Å². The summed E-state index contributed by atoms with van der Waals surface area (Å²) in [6.07, 6.45) is 2.83. The summed E-state index contributed by atoms with van der Waals surface area (Å²) in [6.45, 7) is 0.969. The molecule has 1 nitrogen and oxygen atoms in total. The summed E-state index contributed by atoms with van der Waals surface area (Å²) in [7, 11) is 0. The second-order valence-corrected chi connectivity index (χ2v) is 2.16. The smallest absolute Gasteiger partial charge is 0.0810 e. The van der Waals surface area contributed by atoms with E-state index in [1.54, 1.807) is 0 Å². The number of epoxide rings is 1. The fourth-order valence-electron chi connectivity index (χ4n) is 0.540. The van der Waals surface area contributed by atoms with Crippen LogP contribution in [0.1, 0.15) is 12.8 Å². The number of hydrogen-bond donors (Lipinski definition) is 0. The third-order valence-corrected chi connectivity index (χ3v) is 1.33. The number of ether oxygens (including phenoxy) is 1. The Hall–Kier alpha value is 0.250. The van der Waals surface area contributed by atoms with Crippen molar-refractivity contribution in [1.29, 1.82) is 0 Å². The summed E-state index contributed by atoms with van der Waals surface area (Å²) >= 11 is 5.42. The maximum Gasteiger partial charge on any atom is 0.0810 e. The molecule has 1 fully saturated rings. The lowest BCUT2D eigenvalue weighted by molar-refractivity contribution is 0.395. The normalized spacial score (nSPS) is 27.9. The summed E-state index contributed by atoms with van der Waals surface area (Å²) in [6, 6.07) is 0. The van der Waals surface area contributed by atoms with Gasteiger partial charge >= 0.3 is 0 Å². The molecule has 1 heterocycles. The van der Waals surface area contributed by atoms with Crippen LogP contribution >= 0.6 is 11.6 Å². The Labute approximate surface area is 48.6 Å². The highest BCUT2D eigenvalue weighted by molar-refractivity contribution is 6.17. The van der Waals surface area contributed by atoms with Gasteiger partial charge in [-0.1, -0.05) is 0 Å². The molecular weight excluding hydrogens is 112 g/mol. The van der Waals surface area contributed by atoms with Crippen LogP contribution in [0, 0.1) is 0 Å². The molecule has 1 rings (SSSR count). The zero-order valence-corrected chi connectivity index (χ0v) is 4.95. The Morgan fingerprint density at radius 1 is 1.71 bits per heavy atom. The molecule has 1 saturated heterocycles. The van der Waals surface area contributed by atoms with Gasteiger partial charge in [0.2, 0.25) is 0 Å². The fourth-order valence-corrected chi connectivity index (χ4v) is 0.694. The lowest BCUT2D eigenvalue weighted by Crippen LogP contribution is -1.83. The predicted octanol–water partition coefficient (Wildman–Crippen LogP) is 1.40. The fraction of sp³-hybridized carbons (Fsp3) is 1.00. The van der Waals surface area contributed by atoms with Gasteiger partial charge in [0.15, 0.2) is 0 Å². The van der Waals surface area contributed by atoms with Crippen LogP contribution in [0.3, 0.4) is 0 Å². The topological polar surface area (TPSA) is 12.5 Å². The van der Waals surface area contributed by atoms with Crippen LogP contribution in [-0.2, 0) is 4.74 Å². The molecule has 0 aromatic rings. The average molecular weight is 121 g/mol. The van der Waals surface area contributed by atoms with Gasteiger partial charge in [0.25, 0.3) is 0 Å². The van der Waals surface area contributed by atoms with E-state index in [1.165, 1.54) is 0 Å². The second kappa shape index (κ2) is 2.53. The molecule has 0 N–H and O–H groups in total. The number of halogens is 1. The van der Waals surface area contributed by atoms with E-state index in [0.29, 0.717) is 6.10 Å². The summed E-state index contributed by atoms with van der Waals surface area (Å²) in [4.78, 5) is 0. The predicted molar refractivity (Wildman–Crippen MR) is 29.7 cm³/mol. The molecule has 1 aliphatic heterocycles. The third kappa shape index (κ3) is 2.15. The summed E-state index contributed by atoms with van der Waals surface area (Å²) in [5, 5.41) is 0. The van der Waals surface area contributed by atoms with Crippen LogP contribution in [0.25, 0.3) is 0 Å². The van der Waals surface area contributed by atoms with E-state index in [2.05, 4.69) is 0 Å². The maximum atomic E-state index is 5.42. The average Bonchev–Trinajstić information content (AvgIpc) is 2.42. The van der Waals surface area contributed by atoms with Crippen molar-refractivity contribution < 1.29 is 4.74 Å². The molecule has 0 radical (unpaired) electrons. The molecule has 0 saturated carbocycles. The van der Waals surface area contributed by atoms with E-state index >= 15 is 0 Å². The Morgan fingerprint density at radius 2 is 2.43 bits per heavy atom. The highest BCUT2D eigenvalue weighted by Gasteiger charge is 2.20. The van der Waals surface area contributed by atoms with Crippen molar-refractivity contribution in [3.63, 3.8) is 0 Å². The molecular formula is C5H9ClO. The van der Waals surface area contributed by atoms with Crippen LogP contribution in [0.4, 0.5) is 0 Å². The van der Waals surface area contributed by atoms with Crippen molar-refractivity contribution in [2.75, 3.05) is 12.5 Å². The molecule has 1 atom stereocenters. The van der Waals surface area contributed by atoms with Gasteiger partial charge in [-0.3, -0.25) is 0 Å². The van der Waals surface area contributed by atoms with Gasteiger partial charge in [-0.25, -0.2) is 0 Å². The Bertz CT molecular complexity index is 52.0. The van der Waals surface area contributed by atoms with Crippen LogP contribution in [-0.4, -0.2) is 18.6 Å². The standard InChI is InChI=1S/C5H9ClO/c6-3-1-2-5-4-7-5/h5H,1-4H2/t5-/m0/s1. The Balaban J connectivity index is 1.80. The molecule has 2 heteroatoms. The molecule has 7 heavy (non-hydrogen) atoms. The summed E-state index contributed by atoms with van der Waals surface area (Å²) in [5.41, 5.74) is 0. The molecule has 0 bridgehead atoms. The quantitative estimate of drug-likeness (QED) is 0.405. The summed E-state index contributed by atoms with van der Waals surface area (Å²) < 4.78 is 4.95. The van der Waals surface area contributed by atoms with Crippen LogP contribution < -0.4 is 0 Å². The molecule has 0 aromatic heterocycles. The minimum absolute atomic E-state index is 0.568. The van der Waals surface area contributed by atoms with Gasteiger partial charge < -0.3 is 4.74 Å². The molecule has 42 valence electrons. The van der Waals surface area contributed by atoms with E-state index in [-0.39, 0.29) is 0 Å². The third-order valence-electron chi connectivity index (χ3n) is 1.06. The second-order valence-electron chi connectivity index (χ2n) is 1.79. The zero-order chi connectivity index (χ0) is 5.11. The number of hydrogen-bond acceptors (Lipinski definition) is 1. The monoisotopic (exact) mass is 120 g/mol. The van der Waals surface area contributed by atoms with Crippen molar-refractivity contribution >= 4 is 11.6 Å². The van der Waals surface area contributed by atoms with Crippen LogP contribution in [0.5, 0.6) is 0 Å². The Kier molecular flexibility index (Phi) is 1.95. The summed E-state index contributed by atoms with van der Waals surface area (Å²) in [5.74, 6) is 0.778. The maximum absolute atomic E-state index is 5.42. The molecule has 1 aliphatic rings. The minimum Gasteiger partial charge on any atom is -0.373 e. The van der Waals surface area contributed by atoms with E-state index in [9.17, 15) is 0 Å². The zero-order valence-electron chi connectivity index (χ0n) is 4.19. The van der Waals surface area contributed by atoms with E-state index in [0.717, 1.165) is 25.3 Å². The van der Waals surface area contributed by atoms with Gasteiger partial charge in [0.1, 0.15) is 0 Å².